The second-order valence-electron chi connectivity index (χ2n) is 5.20. The van der Waals surface area contributed by atoms with Gasteiger partial charge in [-0.15, -0.1) is 0 Å². The molecule has 0 N–H and O–H groups in total. The molecular formula is C10H16O4S. The zero-order valence-electron chi connectivity index (χ0n) is 9.24. The molecule has 0 radical (unpaired) electrons. The lowest BCUT2D eigenvalue weighted by molar-refractivity contribution is -0.136. The molecule has 15 heavy (non-hydrogen) atoms. The first-order chi connectivity index (χ1) is 6.69. The van der Waals surface area contributed by atoms with Crippen LogP contribution in [0.15, 0.2) is 0 Å². The highest BCUT2D eigenvalue weighted by Gasteiger charge is 2.66. The van der Waals surface area contributed by atoms with Crippen molar-refractivity contribution in [2.24, 2.45) is 11.3 Å². The van der Waals surface area contributed by atoms with Crippen molar-refractivity contribution in [2.45, 2.75) is 38.7 Å². The molecule has 2 bridgehead atoms. The molecule has 2 fully saturated rings. The Bertz CT molecular complexity index is 409. The van der Waals surface area contributed by atoms with E-state index < -0.39 is 15.7 Å². The minimum atomic E-state index is -3.58. The molecule has 0 aromatic rings. The summed E-state index contributed by atoms with van der Waals surface area (Å²) < 4.78 is 27.6. The van der Waals surface area contributed by atoms with E-state index in [2.05, 4.69) is 0 Å². The molecule has 0 aliphatic heterocycles. The Morgan fingerprint density at radius 2 is 2.00 bits per heavy atom. The van der Waals surface area contributed by atoms with Crippen molar-refractivity contribution < 1.29 is 17.4 Å². The summed E-state index contributed by atoms with van der Waals surface area (Å²) >= 11 is 0. The average Bonchev–Trinajstić information content (AvgIpc) is 2.34. The largest absolute Gasteiger partial charge is 0.296 e. The number of fused-ring (bicyclic) bond motifs is 2. The van der Waals surface area contributed by atoms with Crippen LogP contribution in [0.3, 0.4) is 0 Å². The van der Waals surface area contributed by atoms with Gasteiger partial charge in [0, 0.05) is 11.8 Å². The summed E-state index contributed by atoms with van der Waals surface area (Å²) in [5.74, 6) is 0.223. The molecule has 2 aliphatic rings. The standard InChI is InChI=1S/C10H16O4S/c1-9(2)7-4-5-10(9,8(11)6-7)14-15(3,12)13/h7H,4-6H2,1-3H3/t7-,10+/m0/s1. The quantitative estimate of drug-likeness (QED) is 0.669. The van der Waals surface area contributed by atoms with Gasteiger partial charge in [-0.25, -0.2) is 0 Å². The fraction of sp³-hybridized carbons (Fsp3) is 0.900. The number of carbonyl (C=O) groups is 1. The van der Waals surface area contributed by atoms with Gasteiger partial charge in [-0.1, -0.05) is 13.8 Å². The summed E-state index contributed by atoms with van der Waals surface area (Å²) in [5, 5.41) is 0. The van der Waals surface area contributed by atoms with Crippen molar-refractivity contribution >= 4 is 15.9 Å². The normalized spacial score (nSPS) is 38.6. The first kappa shape index (κ1) is 11.1. The first-order valence-electron chi connectivity index (χ1n) is 5.13. The highest BCUT2D eigenvalue weighted by atomic mass is 32.2. The molecule has 2 atom stereocenters. The molecule has 0 aromatic carbocycles. The van der Waals surface area contributed by atoms with Gasteiger partial charge in [0.1, 0.15) is 0 Å². The molecule has 2 saturated carbocycles. The highest BCUT2D eigenvalue weighted by molar-refractivity contribution is 7.86. The molecule has 4 nitrogen and oxygen atoms in total. The lowest BCUT2D eigenvalue weighted by Crippen LogP contribution is -2.47. The monoisotopic (exact) mass is 232 g/mol. The van der Waals surface area contributed by atoms with Crippen LogP contribution in [-0.4, -0.2) is 26.1 Å². The van der Waals surface area contributed by atoms with Gasteiger partial charge < -0.3 is 0 Å². The molecule has 0 heterocycles. The van der Waals surface area contributed by atoms with E-state index in [4.69, 9.17) is 4.18 Å². The van der Waals surface area contributed by atoms with Gasteiger partial charge >= 0.3 is 0 Å². The van der Waals surface area contributed by atoms with Crippen molar-refractivity contribution in [3.63, 3.8) is 0 Å². The molecule has 2 rings (SSSR count). The number of hydrogen-bond donors (Lipinski definition) is 0. The van der Waals surface area contributed by atoms with Crippen LogP contribution in [-0.2, 0) is 19.1 Å². The van der Waals surface area contributed by atoms with Crippen LogP contribution in [0.1, 0.15) is 33.1 Å². The maximum absolute atomic E-state index is 11.9. The van der Waals surface area contributed by atoms with E-state index in [0.29, 0.717) is 12.8 Å². The van der Waals surface area contributed by atoms with Gasteiger partial charge in [0.2, 0.25) is 0 Å². The van der Waals surface area contributed by atoms with E-state index in [1.807, 2.05) is 13.8 Å². The van der Waals surface area contributed by atoms with Gasteiger partial charge in [0.15, 0.2) is 11.4 Å². The van der Waals surface area contributed by atoms with Gasteiger partial charge in [0.05, 0.1) is 6.26 Å². The molecule has 5 heteroatoms. The maximum Gasteiger partial charge on any atom is 0.265 e. The number of carbonyl (C=O) groups excluding carboxylic acids is 1. The Balaban J connectivity index is 2.45. The smallest absolute Gasteiger partial charge is 0.265 e. The van der Waals surface area contributed by atoms with Crippen LogP contribution in [0.25, 0.3) is 0 Å². The summed E-state index contributed by atoms with van der Waals surface area (Å²) in [6, 6.07) is 0. The molecule has 0 aromatic heterocycles. The Morgan fingerprint density at radius 1 is 1.40 bits per heavy atom. The number of Topliss-reactive ketones (excluding diaryl/α,β-unsaturated/α-hetero) is 1. The molecule has 0 spiro atoms. The van der Waals surface area contributed by atoms with E-state index in [9.17, 15) is 13.2 Å². The number of rotatable bonds is 2. The van der Waals surface area contributed by atoms with Gasteiger partial charge in [0.25, 0.3) is 10.1 Å². The van der Waals surface area contributed by atoms with Crippen LogP contribution < -0.4 is 0 Å². The third-order valence-corrected chi connectivity index (χ3v) is 4.67. The lowest BCUT2D eigenvalue weighted by atomic mass is 9.79. The first-order valence-corrected chi connectivity index (χ1v) is 6.95. The summed E-state index contributed by atoms with van der Waals surface area (Å²) in [6.07, 6.45) is 2.89. The SMILES string of the molecule is CC1(C)[C@H]2CC[C@@]1(OS(C)(=O)=O)C(=O)C2. The topological polar surface area (TPSA) is 60.4 Å². The van der Waals surface area contributed by atoms with Crippen LogP contribution in [0.4, 0.5) is 0 Å². The molecule has 86 valence electrons. The third kappa shape index (κ3) is 1.36. The molecule has 0 amide bonds. The minimum Gasteiger partial charge on any atom is -0.296 e. The van der Waals surface area contributed by atoms with Gasteiger partial charge in [-0.3, -0.25) is 8.98 Å². The van der Waals surface area contributed by atoms with E-state index in [1.54, 1.807) is 0 Å². The average molecular weight is 232 g/mol. The van der Waals surface area contributed by atoms with Crippen LogP contribution in [0.2, 0.25) is 0 Å². The van der Waals surface area contributed by atoms with Crippen LogP contribution in [0.5, 0.6) is 0 Å². The summed E-state index contributed by atoms with van der Waals surface area (Å²) in [6.45, 7) is 3.86. The minimum absolute atomic E-state index is 0.0471. The number of hydrogen-bond acceptors (Lipinski definition) is 4. The summed E-state index contributed by atoms with van der Waals surface area (Å²) in [4.78, 5) is 11.9. The third-order valence-electron chi connectivity index (χ3n) is 4.08. The lowest BCUT2D eigenvalue weighted by Gasteiger charge is -2.34. The molecule has 2 aliphatic carbocycles. The molecule has 0 unspecified atom stereocenters. The predicted molar refractivity (Wildman–Crippen MR) is 54.8 cm³/mol. The van der Waals surface area contributed by atoms with Crippen molar-refractivity contribution in [1.29, 1.82) is 0 Å². The van der Waals surface area contributed by atoms with E-state index >= 15 is 0 Å². The van der Waals surface area contributed by atoms with Crippen molar-refractivity contribution in [3.05, 3.63) is 0 Å². The van der Waals surface area contributed by atoms with Crippen LogP contribution >= 0.6 is 0 Å². The zero-order chi connectivity index (χ0) is 11.5. The van der Waals surface area contributed by atoms with E-state index in [-0.39, 0.29) is 17.1 Å². The Morgan fingerprint density at radius 3 is 2.33 bits per heavy atom. The Kier molecular flexibility index (Phi) is 2.09. The highest BCUT2D eigenvalue weighted by Crippen LogP contribution is 2.60. The fourth-order valence-corrected chi connectivity index (χ4v) is 4.00. The Hall–Kier alpha value is -0.420. The summed E-state index contributed by atoms with van der Waals surface area (Å²) in [7, 11) is -3.58. The van der Waals surface area contributed by atoms with Crippen molar-refractivity contribution in [2.75, 3.05) is 6.26 Å². The number of ketones is 1. The zero-order valence-corrected chi connectivity index (χ0v) is 10.1. The second-order valence-corrected chi connectivity index (χ2v) is 6.77. The maximum atomic E-state index is 11.9. The summed E-state index contributed by atoms with van der Waals surface area (Å²) in [5.41, 5.74) is -1.43. The van der Waals surface area contributed by atoms with E-state index in [0.717, 1.165) is 12.7 Å². The van der Waals surface area contributed by atoms with Gasteiger partial charge in [-0.2, -0.15) is 8.42 Å². The van der Waals surface area contributed by atoms with Gasteiger partial charge in [-0.05, 0) is 18.8 Å². The van der Waals surface area contributed by atoms with E-state index in [1.165, 1.54) is 0 Å². The second kappa shape index (κ2) is 2.83. The Labute approximate surface area is 90.1 Å². The molecular weight excluding hydrogens is 216 g/mol. The predicted octanol–water partition coefficient (Wildman–Crippen LogP) is 1.11. The van der Waals surface area contributed by atoms with Crippen LogP contribution in [0, 0.1) is 11.3 Å². The van der Waals surface area contributed by atoms with Crippen molar-refractivity contribution in [1.82, 2.24) is 0 Å². The molecule has 0 saturated heterocycles. The fourth-order valence-electron chi connectivity index (χ4n) is 3.09. The van der Waals surface area contributed by atoms with Crippen molar-refractivity contribution in [3.8, 4) is 0 Å².